The Hall–Kier alpha value is -1.84. The second-order valence-corrected chi connectivity index (χ2v) is 4.80. The minimum Gasteiger partial charge on any atom is -0.480 e. The molecule has 0 aromatic heterocycles. The molecule has 2 aliphatic rings. The molecule has 0 spiro atoms. The van der Waals surface area contributed by atoms with Crippen molar-refractivity contribution < 1.29 is 14.7 Å². The summed E-state index contributed by atoms with van der Waals surface area (Å²) in [7, 11) is 0. The number of fused-ring (bicyclic) bond motifs is 1. The predicted octanol–water partition coefficient (Wildman–Crippen LogP) is 2.29. The zero-order valence-electron chi connectivity index (χ0n) is 10.9. The van der Waals surface area contributed by atoms with Crippen molar-refractivity contribution in [2.45, 2.75) is 33.2 Å². The minimum absolute atomic E-state index is 0.262. The van der Waals surface area contributed by atoms with Crippen LogP contribution in [0, 0.1) is 5.92 Å². The highest BCUT2D eigenvalue weighted by Crippen LogP contribution is 2.32. The molecule has 0 aromatic carbocycles. The second kappa shape index (κ2) is 6.19. The van der Waals surface area contributed by atoms with Gasteiger partial charge in [0.2, 0.25) is 5.91 Å². The van der Waals surface area contributed by atoms with Gasteiger partial charge in [-0.15, -0.1) is 0 Å². The van der Waals surface area contributed by atoms with Crippen LogP contribution in [0.15, 0.2) is 24.3 Å². The average molecular weight is 249 g/mol. The van der Waals surface area contributed by atoms with E-state index < -0.39 is 12.0 Å². The summed E-state index contributed by atoms with van der Waals surface area (Å²) in [6, 6.07) is 7.73. The van der Waals surface area contributed by atoms with Crippen molar-refractivity contribution in [1.29, 1.82) is 0 Å². The van der Waals surface area contributed by atoms with Crippen LogP contribution < -0.4 is 5.32 Å². The molecule has 0 heterocycles. The summed E-state index contributed by atoms with van der Waals surface area (Å²) < 4.78 is 0. The molecule has 0 saturated heterocycles. The number of nitrogens with one attached hydrogen (secondary N) is 1. The van der Waals surface area contributed by atoms with Crippen LogP contribution in [0.2, 0.25) is 0 Å². The van der Waals surface area contributed by atoms with Gasteiger partial charge in [0.1, 0.15) is 6.04 Å². The molecule has 2 N–H and O–H groups in total. The van der Waals surface area contributed by atoms with Crippen molar-refractivity contribution in [1.82, 2.24) is 5.32 Å². The van der Waals surface area contributed by atoms with Crippen molar-refractivity contribution in [3.8, 4) is 11.1 Å². The van der Waals surface area contributed by atoms with Gasteiger partial charge in [0.05, 0.1) is 0 Å². The molecular formula is C14H19NO3. The molecule has 0 saturated carbocycles. The third-order valence-corrected chi connectivity index (χ3v) is 2.50. The summed E-state index contributed by atoms with van der Waals surface area (Å²) in [5.41, 5.74) is 2.85. The summed E-state index contributed by atoms with van der Waals surface area (Å²) >= 11 is 0. The van der Waals surface area contributed by atoms with Gasteiger partial charge in [-0.2, -0.15) is 0 Å². The molecule has 18 heavy (non-hydrogen) atoms. The number of carboxylic acid groups (broad SMARTS) is 1. The molecule has 0 aromatic rings. The molecule has 1 unspecified atom stereocenters. The first-order valence-corrected chi connectivity index (χ1v) is 6.00. The normalized spacial score (nSPS) is 12.2. The molecule has 0 fully saturated rings. The van der Waals surface area contributed by atoms with E-state index in [1.165, 1.54) is 18.1 Å². The van der Waals surface area contributed by atoms with Crippen LogP contribution in [-0.2, 0) is 9.59 Å². The van der Waals surface area contributed by atoms with Crippen LogP contribution >= 0.6 is 0 Å². The summed E-state index contributed by atoms with van der Waals surface area (Å²) in [5.74, 6) is -1.01. The molecular weight excluding hydrogens is 230 g/mol. The highest BCUT2D eigenvalue weighted by atomic mass is 16.4. The van der Waals surface area contributed by atoms with Gasteiger partial charge in [0, 0.05) is 6.92 Å². The lowest BCUT2D eigenvalue weighted by atomic mass is 10.0. The van der Waals surface area contributed by atoms with E-state index in [9.17, 15) is 9.59 Å². The Morgan fingerprint density at radius 2 is 1.83 bits per heavy atom. The Bertz CT molecular complexity index is 423. The smallest absolute Gasteiger partial charge is 0.326 e. The van der Waals surface area contributed by atoms with Crippen LogP contribution in [0.5, 0.6) is 0 Å². The minimum atomic E-state index is -0.973. The molecule has 0 radical (unpaired) electrons. The largest absolute Gasteiger partial charge is 0.480 e. The second-order valence-electron chi connectivity index (χ2n) is 4.80. The number of benzene rings is 1. The number of aliphatic carboxylic acids is 1. The van der Waals surface area contributed by atoms with Crippen LogP contribution in [0.4, 0.5) is 0 Å². The predicted molar refractivity (Wildman–Crippen MR) is 70.1 cm³/mol. The quantitative estimate of drug-likeness (QED) is 0.873. The fraction of sp³-hybridized carbons (Fsp3) is 0.429. The molecule has 0 aliphatic heterocycles. The standard InChI is InChI=1S/C8H15NO3.C6H4/c1-5(2)4-7(8(11)12)9-6(3)10;1-2-5-4-6(5)3-1/h5,7H,4H2,1-3H3,(H,9,10)(H,11,12);1-4H. The SMILES string of the molecule is CC(=O)NC(CC(C)C)C(=O)O.c1cc2cc-2c1. The van der Waals surface area contributed by atoms with Crippen LogP contribution in [0.3, 0.4) is 0 Å². The Balaban J connectivity index is 0.000000217. The first kappa shape index (κ1) is 14.2. The number of carbonyl (C=O) groups excluding carboxylic acids is 1. The molecule has 1 atom stereocenters. The van der Waals surface area contributed by atoms with E-state index in [0.29, 0.717) is 6.42 Å². The maximum atomic E-state index is 10.6. The fourth-order valence-corrected chi connectivity index (χ4v) is 1.61. The Morgan fingerprint density at radius 3 is 2.06 bits per heavy atom. The van der Waals surface area contributed by atoms with Gasteiger partial charge in [-0.1, -0.05) is 32.0 Å². The fourth-order valence-electron chi connectivity index (χ4n) is 1.61. The maximum absolute atomic E-state index is 10.6. The van der Waals surface area contributed by atoms with Crippen molar-refractivity contribution in [3.63, 3.8) is 0 Å². The van der Waals surface area contributed by atoms with E-state index in [1.54, 1.807) is 0 Å². The summed E-state index contributed by atoms with van der Waals surface area (Å²) in [5, 5.41) is 11.0. The number of hydrogen-bond donors (Lipinski definition) is 2. The third-order valence-electron chi connectivity index (χ3n) is 2.50. The number of rotatable bonds is 4. The third kappa shape index (κ3) is 4.99. The number of amides is 1. The van der Waals surface area contributed by atoms with Crippen LogP contribution in [0.25, 0.3) is 11.1 Å². The van der Waals surface area contributed by atoms with E-state index in [2.05, 4.69) is 29.6 Å². The topological polar surface area (TPSA) is 66.4 Å². The average Bonchev–Trinajstić information content (AvgIpc) is 2.84. The maximum Gasteiger partial charge on any atom is 0.326 e. The van der Waals surface area contributed by atoms with Crippen molar-refractivity contribution in [2.75, 3.05) is 0 Å². The van der Waals surface area contributed by atoms with E-state index in [4.69, 9.17) is 5.11 Å². The molecule has 0 bridgehead atoms. The van der Waals surface area contributed by atoms with Crippen molar-refractivity contribution >= 4 is 11.9 Å². The molecule has 4 heteroatoms. The lowest BCUT2D eigenvalue weighted by Crippen LogP contribution is -2.40. The van der Waals surface area contributed by atoms with Crippen LogP contribution in [0.1, 0.15) is 27.2 Å². The van der Waals surface area contributed by atoms with Crippen molar-refractivity contribution in [2.24, 2.45) is 5.92 Å². The molecule has 98 valence electrons. The van der Waals surface area contributed by atoms with Gasteiger partial charge >= 0.3 is 5.97 Å². The molecule has 1 amide bonds. The Morgan fingerprint density at radius 1 is 1.28 bits per heavy atom. The Kier molecular flexibility index (Phi) is 4.89. The monoisotopic (exact) mass is 249 g/mol. The molecule has 2 aliphatic carbocycles. The van der Waals surface area contributed by atoms with Gasteiger partial charge in [-0.3, -0.25) is 4.79 Å². The first-order valence-electron chi connectivity index (χ1n) is 6.00. The molecule has 4 nitrogen and oxygen atoms in total. The zero-order valence-corrected chi connectivity index (χ0v) is 10.9. The van der Waals surface area contributed by atoms with E-state index in [1.807, 2.05) is 13.8 Å². The zero-order chi connectivity index (χ0) is 13.7. The van der Waals surface area contributed by atoms with Gasteiger partial charge in [-0.25, -0.2) is 4.79 Å². The van der Waals surface area contributed by atoms with E-state index in [0.717, 1.165) is 0 Å². The summed E-state index contributed by atoms with van der Waals surface area (Å²) in [6.07, 6.45) is 0.467. The van der Waals surface area contributed by atoms with Gasteiger partial charge in [0.15, 0.2) is 0 Å². The van der Waals surface area contributed by atoms with E-state index >= 15 is 0 Å². The lowest BCUT2D eigenvalue weighted by molar-refractivity contribution is -0.142. The highest BCUT2D eigenvalue weighted by Gasteiger charge is 2.18. The van der Waals surface area contributed by atoms with E-state index in [-0.39, 0.29) is 11.8 Å². The highest BCUT2D eigenvalue weighted by molar-refractivity contribution is 5.82. The van der Waals surface area contributed by atoms with Crippen molar-refractivity contribution in [3.05, 3.63) is 24.3 Å². The van der Waals surface area contributed by atoms with Gasteiger partial charge < -0.3 is 10.4 Å². The Labute approximate surface area is 107 Å². The van der Waals surface area contributed by atoms with Gasteiger partial charge in [-0.05, 0) is 29.5 Å². The number of carboxylic acids is 1. The number of carbonyl (C=O) groups is 2. The summed E-state index contributed by atoms with van der Waals surface area (Å²) in [4.78, 5) is 21.1. The lowest BCUT2D eigenvalue weighted by Gasteiger charge is -2.14. The first-order chi connectivity index (χ1) is 8.40. The van der Waals surface area contributed by atoms with Crippen LogP contribution in [-0.4, -0.2) is 23.0 Å². The number of hydrogen-bond acceptors (Lipinski definition) is 2. The molecule has 2 rings (SSSR count). The summed E-state index contributed by atoms with van der Waals surface area (Å²) in [6.45, 7) is 5.14. The van der Waals surface area contributed by atoms with Gasteiger partial charge in [0.25, 0.3) is 0 Å².